The standard InChI is InChI=1S/C51H74O2/c1-37(20-16-22-39(3)25-32-48-42(6)27-30-46(50(48,10)11)29-24-41(5)35-52)18-14-15-19-38(2)21-17-23-40(4)26-33-49-43(7)28-31-47(51(49,12)13)34-44(8)45(9)36-53/h14-28,32-33,46-49,52-53H,29-31,34-36H2,1-13H3/b15-14+,20-16+,21-17+,32-25+,33-26+,37-18+,38-19+,39-22+,40-23+,41-24+,45-44+/t46-,47+,48+,49+/m0/s1. The molecule has 290 valence electrons. The van der Waals surface area contributed by atoms with Crippen LogP contribution in [-0.4, -0.2) is 23.4 Å². The highest BCUT2D eigenvalue weighted by molar-refractivity contribution is 5.33. The van der Waals surface area contributed by atoms with Crippen LogP contribution in [0.4, 0.5) is 0 Å². The van der Waals surface area contributed by atoms with Gasteiger partial charge < -0.3 is 10.2 Å². The molecule has 2 aliphatic carbocycles. The second-order valence-corrected chi connectivity index (χ2v) is 17.2. The Morgan fingerprint density at radius 1 is 0.585 bits per heavy atom. The average Bonchev–Trinajstić information content (AvgIpc) is 3.09. The molecule has 0 aromatic rings. The molecule has 0 bridgehead atoms. The monoisotopic (exact) mass is 719 g/mol. The Kier molecular flexibility index (Phi) is 19.0. The van der Waals surface area contributed by atoms with Gasteiger partial charge in [0.25, 0.3) is 0 Å². The number of hydrogen-bond acceptors (Lipinski definition) is 2. The molecule has 53 heavy (non-hydrogen) atoms. The van der Waals surface area contributed by atoms with Crippen LogP contribution in [0.2, 0.25) is 0 Å². The molecule has 0 radical (unpaired) electrons. The van der Waals surface area contributed by atoms with Crippen LogP contribution in [0.5, 0.6) is 0 Å². The topological polar surface area (TPSA) is 40.5 Å². The molecule has 2 rings (SSSR count). The van der Waals surface area contributed by atoms with Gasteiger partial charge in [0.2, 0.25) is 0 Å². The Labute approximate surface area is 326 Å². The zero-order valence-electron chi connectivity index (χ0n) is 35.8. The lowest BCUT2D eigenvalue weighted by molar-refractivity contribution is 0.151. The van der Waals surface area contributed by atoms with E-state index in [2.05, 4.69) is 179 Å². The van der Waals surface area contributed by atoms with Crippen molar-refractivity contribution in [3.63, 3.8) is 0 Å². The normalized spacial score (nSPS) is 25.7. The van der Waals surface area contributed by atoms with Gasteiger partial charge in [0.05, 0.1) is 13.2 Å². The van der Waals surface area contributed by atoms with Crippen LogP contribution < -0.4 is 0 Å². The van der Waals surface area contributed by atoms with Crippen LogP contribution in [0.3, 0.4) is 0 Å². The Bertz CT molecular complexity index is 1630. The molecule has 2 aliphatic rings. The Morgan fingerprint density at radius 2 is 1.00 bits per heavy atom. The van der Waals surface area contributed by atoms with Gasteiger partial charge in [-0.1, -0.05) is 176 Å². The van der Waals surface area contributed by atoms with Crippen LogP contribution in [0.25, 0.3) is 0 Å². The fraction of sp³-hybridized carbons (Fsp3) is 0.490. The minimum absolute atomic E-state index is 0.144. The molecule has 2 N–H and O–H groups in total. The van der Waals surface area contributed by atoms with Gasteiger partial charge in [0.15, 0.2) is 0 Å². The van der Waals surface area contributed by atoms with Gasteiger partial charge in [-0.3, -0.25) is 0 Å². The van der Waals surface area contributed by atoms with Crippen molar-refractivity contribution in [3.8, 4) is 0 Å². The second kappa shape index (κ2) is 22.0. The van der Waals surface area contributed by atoms with Crippen LogP contribution in [0, 0.1) is 34.5 Å². The van der Waals surface area contributed by atoms with E-state index in [4.69, 9.17) is 0 Å². The zero-order chi connectivity index (χ0) is 39.8. The van der Waals surface area contributed by atoms with Crippen molar-refractivity contribution in [3.05, 3.63) is 153 Å². The van der Waals surface area contributed by atoms with Gasteiger partial charge in [-0.05, 0) is 116 Å². The van der Waals surface area contributed by atoms with E-state index in [1.54, 1.807) is 0 Å². The van der Waals surface area contributed by atoms with Gasteiger partial charge in [-0.2, -0.15) is 0 Å². The van der Waals surface area contributed by atoms with Crippen molar-refractivity contribution in [2.75, 3.05) is 13.2 Å². The summed E-state index contributed by atoms with van der Waals surface area (Å²) in [6.07, 6.45) is 42.1. The van der Waals surface area contributed by atoms with Crippen molar-refractivity contribution >= 4 is 0 Å². The summed E-state index contributed by atoms with van der Waals surface area (Å²) in [5, 5.41) is 19.0. The molecule has 0 amide bonds. The zero-order valence-corrected chi connectivity index (χ0v) is 35.8. The molecule has 0 aromatic carbocycles. The maximum absolute atomic E-state index is 9.59. The summed E-state index contributed by atoms with van der Waals surface area (Å²) in [7, 11) is 0. The lowest BCUT2D eigenvalue weighted by Crippen LogP contribution is -2.35. The average molecular weight is 719 g/mol. The molecule has 0 aromatic heterocycles. The molecule has 0 unspecified atom stereocenters. The number of allylic oxidation sites excluding steroid dienone is 24. The number of aliphatic hydroxyl groups excluding tert-OH is 2. The summed E-state index contributed by atoms with van der Waals surface area (Å²) in [6.45, 7) is 29.3. The third-order valence-corrected chi connectivity index (χ3v) is 12.0. The molecule has 2 heteroatoms. The molecule has 0 fully saturated rings. The van der Waals surface area contributed by atoms with Crippen LogP contribution in [0.15, 0.2) is 153 Å². The Hall–Kier alpha value is -3.46. The second-order valence-electron chi connectivity index (χ2n) is 17.2. The maximum atomic E-state index is 9.59. The summed E-state index contributed by atoms with van der Waals surface area (Å²) < 4.78 is 0. The fourth-order valence-corrected chi connectivity index (χ4v) is 7.67. The molecule has 0 saturated heterocycles. The van der Waals surface area contributed by atoms with E-state index in [0.29, 0.717) is 23.7 Å². The first kappa shape index (κ1) is 45.7. The van der Waals surface area contributed by atoms with Crippen LogP contribution in [0.1, 0.15) is 116 Å². The Morgan fingerprint density at radius 3 is 1.45 bits per heavy atom. The summed E-state index contributed by atoms with van der Waals surface area (Å²) in [4.78, 5) is 0. The molecule has 2 nitrogen and oxygen atoms in total. The van der Waals surface area contributed by atoms with Crippen molar-refractivity contribution < 1.29 is 10.2 Å². The van der Waals surface area contributed by atoms with Gasteiger partial charge in [0, 0.05) is 11.8 Å². The first-order chi connectivity index (χ1) is 24.9. The number of hydrogen-bond donors (Lipinski definition) is 2. The molecule has 0 saturated carbocycles. The smallest absolute Gasteiger partial charge is 0.0641 e. The SMILES string of the molecule is CC1=CC[C@H](C/C=C(\C)CO)C(C)(C)[C@@H]1/C=C/C(C)=C/C=C/C(C)=C/C=C/C=C(C)/C=C/C=C(C)/C=C/[C@@H]1C(C)=CC[C@H](C/C(C)=C(\C)CO)C1(C)C. The molecule has 0 spiro atoms. The van der Waals surface area contributed by atoms with E-state index in [-0.39, 0.29) is 24.0 Å². The largest absolute Gasteiger partial charge is 0.392 e. The van der Waals surface area contributed by atoms with Gasteiger partial charge in [-0.15, -0.1) is 0 Å². The minimum Gasteiger partial charge on any atom is -0.392 e. The fourth-order valence-electron chi connectivity index (χ4n) is 7.67. The van der Waals surface area contributed by atoms with Gasteiger partial charge >= 0.3 is 0 Å². The van der Waals surface area contributed by atoms with E-state index in [0.717, 1.165) is 36.8 Å². The summed E-state index contributed by atoms with van der Waals surface area (Å²) in [6, 6.07) is 0. The van der Waals surface area contributed by atoms with Gasteiger partial charge in [0.1, 0.15) is 0 Å². The highest BCUT2D eigenvalue weighted by Crippen LogP contribution is 2.49. The van der Waals surface area contributed by atoms with E-state index >= 15 is 0 Å². The number of aliphatic hydroxyl groups is 2. The predicted octanol–water partition coefficient (Wildman–Crippen LogP) is 13.8. The highest BCUT2D eigenvalue weighted by atomic mass is 16.3. The van der Waals surface area contributed by atoms with E-state index < -0.39 is 0 Å². The van der Waals surface area contributed by atoms with Crippen molar-refractivity contribution in [1.82, 2.24) is 0 Å². The molecular weight excluding hydrogens is 645 g/mol. The van der Waals surface area contributed by atoms with Crippen LogP contribution >= 0.6 is 0 Å². The van der Waals surface area contributed by atoms with E-state index in [9.17, 15) is 10.2 Å². The van der Waals surface area contributed by atoms with Crippen molar-refractivity contribution in [1.29, 1.82) is 0 Å². The summed E-state index contributed by atoms with van der Waals surface area (Å²) in [5.74, 6) is 1.92. The molecule has 0 heterocycles. The molecular formula is C51H74O2. The van der Waals surface area contributed by atoms with Crippen LogP contribution in [-0.2, 0) is 0 Å². The van der Waals surface area contributed by atoms with E-state index in [1.807, 2.05) is 13.8 Å². The lowest BCUT2D eigenvalue weighted by atomic mass is 9.60. The molecule has 4 atom stereocenters. The predicted molar refractivity (Wildman–Crippen MR) is 235 cm³/mol. The van der Waals surface area contributed by atoms with Crippen molar-refractivity contribution in [2.45, 2.75) is 116 Å². The van der Waals surface area contributed by atoms with Gasteiger partial charge in [-0.25, -0.2) is 0 Å². The highest BCUT2D eigenvalue weighted by Gasteiger charge is 2.39. The third-order valence-electron chi connectivity index (χ3n) is 12.0. The Balaban J connectivity index is 1.96. The number of rotatable bonds is 16. The first-order valence-electron chi connectivity index (χ1n) is 19.9. The summed E-state index contributed by atoms with van der Waals surface area (Å²) in [5.41, 5.74) is 11.6. The van der Waals surface area contributed by atoms with E-state index in [1.165, 1.54) is 39.0 Å². The van der Waals surface area contributed by atoms with Crippen molar-refractivity contribution in [2.24, 2.45) is 34.5 Å². The first-order valence-corrected chi connectivity index (χ1v) is 19.9. The maximum Gasteiger partial charge on any atom is 0.0641 e. The lowest BCUT2D eigenvalue weighted by Gasteiger charge is -2.44. The molecule has 0 aliphatic heterocycles. The minimum atomic E-state index is 0.144. The quantitative estimate of drug-likeness (QED) is 0.123. The summed E-state index contributed by atoms with van der Waals surface area (Å²) >= 11 is 0. The third kappa shape index (κ3) is 14.7.